The maximum atomic E-state index is 12.7. The first kappa shape index (κ1) is 19.4. The van der Waals surface area contributed by atoms with Gasteiger partial charge in [-0.1, -0.05) is 55.3 Å². The summed E-state index contributed by atoms with van der Waals surface area (Å²) in [6.07, 6.45) is 6.55. The van der Waals surface area contributed by atoms with E-state index in [4.69, 9.17) is 0 Å². The van der Waals surface area contributed by atoms with E-state index in [9.17, 15) is 9.59 Å². The summed E-state index contributed by atoms with van der Waals surface area (Å²) in [5, 5.41) is 3.83. The van der Waals surface area contributed by atoms with Crippen LogP contribution in [0, 0.1) is 12.8 Å². The zero-order valence-corrected chi connectivity index (χ0v) is 16.8. The molecule has 0 saturated heterocycles. The zero-order chi connectivity index (χ0) is 20.2. The topological polar surface area (TPSA) is 64.0 Å². The van der Waals surface area contributed by atoms with E-state index in [1.807, 2.05) is 37.3 Å². The van der Waals surface area contributed by atoms with Crippen molar-refractivity contribution >= 4 is 16.8 Å². The second kappa shape index (κ2) is 8.60. The van der Waals surface area contributed by atoms with Crippen LogP contribution in [0.15, 0.2) is 59.7 Å². The van der Waals surface area contributed by atoms with E-state index in [-0.39, 0.29) is 23.9 Å². The molecule has 0 spiro atoms. The Balaban J connectivity index is 1.47. The quantitative estimate of drug-likeness (QED) is 0.689. The SMILES string of the molecule is Cc1cccc2c(=O)n(CCC(=O)NC(c3ccccc3)C3CCCC3)cnc12. The molecule has 1 N–H and O–H groups in total. The molecule has 1 aliphatic carbocycles. The van der Waals surface area contributed by atoms with Crippen LogP contribution in [0.5, 0.6) is 0 Å². The lowest BCUT2D eigenvalue weighted by atomic mass is 9.91. The number of fused-ring (bicyclic) bond motifs is 1. The fraction of sp³-hybridized carbons (Fsp3) is 0.375. The van der Waals surface area contributed by atoms with Gasteiger partial charge in [-0.3, -0.25) is 14.2 Å². The minimum absolute atomic E-state index is 0.0259. The van der Waals surface area contributed by atoms with Gasteiger partial charge in [0.2, 0.25) is 5.91 Å². The second-order valence-electron chi connectivity index (χ2n) is 7.96. The summed E-state index contributed by atoms with van der Waals surface area (Å²) < 4.78 is 1.54. The molecule has 1 fully saturated rings. The van der Waals surface area contributed by atoms with Gasteiger partial charge < -0.3 is 5.32 Å². The smallest absolute Gasteiger partial charge is 0.261 e. The summed E-state index contributed by atoms with van der Waals surface area (Å²) in [6.45, 7) is 2.27. The van der Waals surface area contributed by atoms with Crippen molar-refractivity contribution in [1.82, 2.24) is 14.9 Å². The van der Waals surface area contributed by atoms with Crippen LogP contribution in [0.2, 0.25) is 0 Å². The molecule has 5 heteroatoms. The van der Waals surface area contributed by atoms with Gasteiger partial charge in [0.25, 0.3) is 5.56 Å². The summed E-state index contributed by atoms with van der Waals surface area (Å²) in [5.41, 5.74) is 2.77. The van der Waals surface area contributed by atoms with Gasteiger partial charge in [0.05, 0.1) is 23.3 Å². The number of nitrogens with zero attached hydrogens (tertiary/aromatic N) is 2. The van der Waals surface area contributed by atoms with Gasteiger partial charge in [-0.05, 0) is 42.9 Å². The highest BCUT2D eigenvalue weighted by Gasteiger charge is 2.27. The summed E-state index contributed by atoms with van der Waals surface area (Å²) in [7, 11) is 0. The van der Waals surface area contributed by atoms with Gasteiger partial charge in [-0.15, -0.1) is 0 Å². The Morgan fingerprint density at radius 1 is 1.14 bits per heavy atom. The van der Waals surface area contributed by atoms with Crippen LogP contribution in [-0.4, -0.2) is 15.5 Å². The fourth-order valence-electron chi connectivity index (χ4n) is 4.39. The molecular formula is C24H27N3O2. The number of nitrogens with one attached hydrogen (secondary N) is 1. The van der Waals surface area contributed by atoms with E-state index in [0.29, 0.717) is 17.8 Å². The van der Waals surface area contributed by atoms with Crippen molar-refractivity contribution in [2.24, 2.45) is 5.92 Å². The van der Waals surface area contributed by atoms with Crippen molar-refractivity contribution in [3.63, 3.8) is 0 Å². The molecule has 150 valence electrons. The first-order valence-electron chi connectivity index (χ1n) is 10.4. The number of aryl methyl sites for hydroxylation is 2. The average molecular weight is 389 g/mol. The Bertz CT molecular complexity index is 1050. The standard InChI is InChI=1S/C24H27N3O2/c1-17-8-7-13-20-22(17)25-16-27(24(20)29)15-14-21(28)26-23(19-11-5-6-12-19)18-9-3-2-4-10-18/h2-4,7-10,13,16,19,23H,5-6,11-12,14-15H2,1H3,(H,26,28). The third-order valence-corrected chi connectivity index (χ3v) is 5.98. The number of hydrogen-bond acceptors (Lipinski definition) is 3. The van der Waals surface area contributed by atoms with Crippen molar-refractivity contribution in [2.45, 2.75) is 51.6 Å². The van der Waals surface area contributed by atoms with Gasteiger partial charge in [0, 0.05) is 13.0 Å². The Morgan fingerprint density at radius 3 is 2.66 bits per heavy atom. The van der Waals surface area contributed by atoms with E-state index in [1.54, 1.807) is 12.4 Å². The van der Waals surface area contributed by atoms with Crippen LogP contribution in [0.4, 0.5) is 0 Å². The minimum atomic E-state index is -0.0955. The Labute approximate surface area is 170 Å². The lowest BCUT2D eigenvalue weighted by Crippen LogP contribution is -2.34. The van der Waals surface area contributed by atoms with Gasteiger partial charge in [-0.25, -0.2) is 4.98 Å². The summed E-state index contributed by atoms with van der Waals surface area (Å²) >= 11 is 0. The van der Waals surface area contributed by atoms with Crippen molar-refractivity contribution in [3.05, 3.63) is 76.3 Å². The van der Waals surface area contributed by atoms with Crippen molar-refractivity contribution in [1.29, 1.82) is 0 Å². The number of amides is 1. The zero-order valence-electron chi connectivity index (χ0n) is 16.8. The largest absolute Gasteiger partial charge is 0.349 e. The normalized spacial score (nSPS) is 15.5. The molecule has 1 aliphatic rings. The molecule has 1 amide bonds. The molecule has 4 rings (SSSR count). The highest BCUT2D eigenvalue weighted by atomic mass is 16.2. The number of carbonyl (C=O) groups is 1. The monoisotopic (exact) mass is 389 g/mol. The van der Waals surface area contributed by atoms with Gasteiger partial charge in [-0.2, -0.15) is 0 Å². The molecule has 1 heterocycles. The number of hydrogen-bond donors (Lipinski definition) is 1. The first-order valence-corrected chi connectivity index (χ1v) is 10.4. The lowest BCUT2D eigenvalue weighted by Gasteiger charge is -2.25. The van der Waals surface area contributed by atoms with Crippen LogP contribution < -0.4 is 10.9 Å². The number of benzene rings is 2. The van der Waals surface area contributed by atoms with Crippen LogP contribution in [0.1, 0.15) is 49.3 Å². The Kier molecular flexibility index (Phi) is 5.74. The molecule has 3 aromatic rings. The molecule has 1 unspecified atom stereocenters. The molecule has 0 radical (unpaired) electrons. The molecule has 2 aromatic carbocycles. The molecule has 5 nitrogen and oxygen atoms in total. The van der Waals surface area contributed by atoms with E-state index in [0.717, 1.165) is 29.5 Å². The maximum Gasteiger partial charge on any atom is 0.261 e. The van der Waals surface area contributed by atoms with Crippen molar-refractivity contribution in [3.8, 4) is 0 Å². The molecule has 0 bridgehead atoms. The molecule has 0 aliphatic heterocycles. The molecule has 1 atom stereocenters. The molecule has 1 aromatic heterocycles. The van der Waals surface area contributed by atoms with Crippen LogP contribution in [-0.2, 0) is 11.3 Å². The van der Waals surface area contributed by atoms with Crippen molar-refractivity contribution in [2.75, 3.05) is 0 Å². The number of rotatable bonds is 6. The minimum Gasteiger partial charge on any atom is -0.349 e. The Morgan fingerprint density at radius 2 is 1.90 bits per heavy atom. The number of carbonyl (C=O) groups excluding carboxylic acids is 1. The lowest BCUT2D eigenvalue weighted by molar-refractivity contribution is -0.122. The van der Waals surface area contributed by atoms with Crippen LogP contribution >= 0.6 is 0 Å². The summed E-state index contributed by atoms with van der Waals surface area (Å²) in [5.74, 6) is 0.455. The van der Waals surface area contributed by atoms with E-state index in [1.165, 1.54) is 17.4 Å². The van der Waals surface area contributed by atoms with E-state index in [2.05, 4.69) is 22.4 Å². The Hall–Kier alpha value is -2.95. The fourth-order valence-corrected chi connectivity index (χ4v) is 4.39. The summed E-state index contributed by atoms with van der Waals surface area (Å²) in [4.78, 5) is 29.9. The van der Waals surface area contributed by atoms with Gasteiger partial charge in [0.15, 0.2) is 0 Å². The molecule has 29 heavy (non-hydrogen) atoms. The van der Waals surface area contributed by atoms with E-state index < -0.39 is 0 Å². The summed E-state index contributed by atoms with van der Waals surface area (Å²) in [6, 6.07) is 15.9. The highest BCUT2D eigenvalue weighted by Crippen LogP contribution is 2.35. The average Bonchev–Trinajstić information content (AvgIpc) is 3.27. The highest BCUT2D eigenvalue weighted by molar-refractivity contribution is 5.80. The first-order chi connectivity index (χ1) is 14.1. The third-order valence-electron chi connectivity index (χ3n) is 5.98. The van der Waals surface area contributed by atoms with Gasteiger partial charge >= 0.3 is 0 Å². The molecular weight excluding hydrogens is 362 g/mol. The van der Waals surface area contributed by atoms with Crippen LogP contribution in [0.25, 0.3) is 10.9 Å². The van der Waals surface area contributed by atoms with E-state index >= 15 is 0 Å². The van der Waals surface area contributed by atoms with Gasteiger partial charge in [0.1, 0.15) is 0 Å². The van der Waals surface area contributed by atoms with Crippen molar-refractivity contribution < 1.29 is 4.79 Å². The predicted molar refractivity (Wildman–Crippen MR) is 115 cm³/mol. The molecule has 1 saturated carbocycles. The number of para-hydroxylation sites is 1. The third kappa shape index (κ3) is 4.24. The van der Waals surface area contributed by atoms with Crippen LogP contribution in [0.3, 0.4) is 0 Å². The maximum absolute atomic E-state index is 12.7. The second-order valence-corrected chi connectivity index (χ2v) is 7.96. The number of aromatic nitrogens is 2. The predicted octanol–water partition coefficient (Wildman–Crippen LogP) is 4.14.